The number of β-amino-alcohol motifs (C(OH)–C–C–N with tert-alkyl or cyclic N) is 1. The van der Waals surface area contributed by atoms with E-state index >= 15 is 0 Å². The third-order valence-electron chi connectivity index (χ3n) is 8.22. The van der Waals surface area contributed by atoms with Crippen LogP contribution in [0.25, 0.3) is 0 Å². The zero-order valence-corrected chi connectivity index (χ0v) is 20.4. The molecule has 0 radical (unpaired) electrons. The highest BCUT2D eigenvalue weighted by molar-refractivity contribution is 5.76. The van der Waals surface area contributed by atoms with Gasteiger partial charge in [0.05, 0.1) is 18.3 Å². The summed E-state index contributed by atoms with van der Waals surface area (Å²) in [5.41, 5.74) is 4.97. The topological polar surface area (TPSA) is 69.1 Å². The maximum absolute atomic E-state index is 13.0. The lowest BCUT2D eigenvalue weighted by Crippen LogP contribution is -2.43. The van der Waals surface area contributed by atoms with E-state index in [9.17, 15) is 9.90 Å². The Morgan fingerprint density at radius 2 is 1.74 bits per heavy atom. The molecule has 0 saturated carbocycles. The van der Waals surface area contributed by atoms with Crippen molar-refractivity contribution in [3.05, 3.63) is 65.0 Å². The Bertz CT molecular complexity index is 1030. The number of amides is 2. The predicted octanol–water partition coefficient (Wildman–Crippen LogP) is 3.16. The minimum absolute atomic E-state index is 0.0121. The van der Waals surface area contributed by atoms with Crippen LogP contribution in [0.5, 0.6) is 0 Å². The Morgan fingerprint density at radius 1 is 0.971 bits per heavy atom. The van der Waals surface area contributed by atoms with Crippen molar-refractivity contribution in [3.63, 3.8) is 0 Å². The van der Waals surface area contributed by atoms with Crippen LogP contribution in [-0.2, 0) is 24.2 Å². The molecule has 0 aliphatic carbocycles. The van der Waals surface area contributed by atoms with Crippen molar-refractivity contribution in [2.45, 2.75) is 69.4 Å². The first-order valence-electron chi connectivity index (χ1n) is 13.2. The van der Waals surface area contributed by atoms with E-state index in [1.807, 2.05) is 11.1 Å². The van der Waals surface area contributed by atoms with E-state index in [0.717, 1.165) is 43.6 Å². The number of nitrogens with zero attached hydrogens (tertiary/aromatic N) is 4. The Labute approximate surface area is 207 Å². The number of aliphatic hydroxyl groups excluding tert-OH is 1. The lowest BCUT2D eigenvalue weighted by molar-refractivity contribution is -0.00441. The van der Waals surface area contributed by atoms with E-state index in [0.29, 0.717) is 50.8 Å². The fraction of sp³-hybridized carbons (Fsp3) is 0.571. The molecule has 5 heterocycles. The van der Waals surface area contributed by atoms with Gasteiger partial charge in [-0.3, -0.25) is 9.88 Å². The summed E-state index contributed by atoms with van der Waals surface area (Å²) < 4.78 is 5.97. The minimum atomic E-state index is -0.542. The van der Waals surface area contributed by atoms with Crippen LogP contribution < -0.4 is 0 Å². The zero-order chi connectivity index (χ0) is 23.8. The highest BCUT2D eigenvalue weighted by Crippen LogP contribution is 2.40. The molecule has 7 heteroatoms. The number of aromatic nitrogens is 1. The van der Waals surface area contributed by atoms with Gasteiger partial charge in [0, 0.05) is 63.6 Å². The van der Waals surface area contributed by atoms with E-state index < -0.39 is 6.10 Å². The number of hydrogen-bond acceptors (Lipinski definition) is 5. The van der Waals surface area contributed by atoms with Gasteiger partial charge >= 0.3 is 6.03 Å². The van der Waals surface area contributed by atoms with Gasteiger partial charge in [0.25, 0.3) is 0 Å². The lowest BCUT2D eigenvalue weighted by atomic mass is 9.92. The molecule has 0 spiro atoms. The molecule has 1 aromatic heterocycles. The number of pyridine rings is 1. The first-order chi connectivity index (χ1) is 17.1. The number of aliphatic hydroxyl groups is 1. The summed E-state index contributed by atoms with van der Waals surface area (Å²) in [5.74, 6) is 0.495. The average molecular weight is 477 g/mol. The number of carbonyl (C=O) groups excluding carboxylic acids is 1. The quantitative estimate of drug-likeness (QED) is 0.665. The van der Waals surface area contributed by atoms with E-state index in [2.05, 4.69) is 41.3 Å². The second-order valence-electron chi connectivity index (χ2n) is 10.8. The van der Waals surface area contributed by atoms with Crippen molar-refractivity contribution in [1.82, 2.24) is 19.7 Å². The molecular formula is C28H36N4O3. The van der Waals surface area contributed by atoms with Gasteiger partial charge in [0.2, 0.25) is 0 Å². The van der Waals surface area contributed by atoms with Crippen LogP contribution in [0.2, 0.25) is 0 Å². The molecule has 4 aliphatic heterocycles. The number of rotatable bonds is 7. The molecule has 1 aromatic carbocycles. The number of ether oxygens (including phenoxy) is 1. The summed E-state index contributed by atoms with van der Waals surface area (Å²) in [5, 5.41) is 10.7. The largest absolute Gasteiger partial charge is 0.390 e. The van der Waals surface area contributed by atoms with Crippen LogP contribution in [0.4, 0.5) is 4.79 Å². The summed E-state index contributed by atoms with van der Waals surface area (Å²) in [7, 11) is 0. The molecule has 3 atom stereocenters. The highest BCUT2D eigenvalue weighted by atomic mass is 16.5. The molecule has 2 unspecified atom stereocenters. The summed E-state index contributed by atoms with van der Waals surface area (Å²) in [6, 6.07) is 12.8. The van der Waals surface area contributed by atoms with E-state index in [1.54, 1.807) is 4.90 Å². The monoisotopic (exact) mass is 476 g/mol. The summed E-state index contributed by atoms with van der Waals surface area (Å²) in [6.45, 7) is 4.72. The van der Waals surface area contributed by atoms with E-state index in [-0.39, 0.29) is 6.03 Å². The summed E-state index contributed by atoms with van der Waals surface area (Å²) >= 11 is 0. The van der Waals surface area contributed by atoms with Gasteiger partial charge in [-0.25, -0.2) is 4.79 Å². The second-order valence-corrected chi connectivity index (χ2v) is 10.8. The molecule has 186 valence electrons. The predicted molar refractivity (Wildman–Crippen MR) is 133 cm³/mol. The Kier molecular flexibility index (Phi) is 6.48. The number of fused-ring (bicyclic) bond motifs is 3. The first-order valence-corrected chi connectivity index (χ1v) is 13.2. The fourth-order valence-electron chi connectivity index (χ4n) is 6.36. The normalized spacial score (nSPS) is 27.3. The number of carbonyl (C=O) groups is 1. The van der Waals surface area contributed by atoms with Crippen LogP contribution in [0.15, 0.2) is 42.6 Å². The number of benzene rings is 1. The molecule has 6 rings (SSSR count). The molecule has 1 N–H and O–H groups in total. The lowest BCUT2D eigenvalue weighted by Gasteiger charge is -2.31. The average Bonchev–Trinajstić information content (AvgIpc) is 3.39. The van der Waals surface area contributed by atoms with Crippen LogP contribution >= 0.6 is 0 Å². The molecule has 3 fully saturated rings. The third kappa shape index (κ3) is 5.08. The molecule has 2 amide bonds. The maximum Gasteiger partial charge on any atom is 0.320 e. The first kappa shape index (κ1) is 23.0. The molecular weight excluding hydrogens is 440 g/mol. The highest BCUT2D eigenvalue weighted by Gasteiger charge is 2.36. The van der Waals surface area contributed by atoms with Gasteiger partial charge < -0.3 is 19.6 Å². The van der Waals surface area contributed by atoms with E-state index in [4.69, 9.17) is 9.72 Å². The van der Waals surface area contributed by atoms with Crippen molar-refractivity contribution in [3.8, 4) is 0 Å². The van der Waals surface area contributed by atoms with Crippen molar-refractivity contribution in [2.24, 2.45) is 0 Å². The molecule has 2 aromatic rings. The van der Waals surface area contributed by atoms with Gasteiger partial charge in [-0.1, -0.05) is 30.3 Å². The van der Waals surface area contributed by atoms with Gasteiger partial charge in [-0.05, 0) is 54.9 Å². The van der Waals surface area contributed by atoms with Crippen LogP contribution in [0.3, 0.4) is 0 Å². The molecule has 7 nitrogen and oxygen atoms in total. The van der Waals surface area contributed by atoms with Crippen LogP contribution in [0, 0.1) is 0 Å². The molecule has 3 saturated heterocycles. The third-order valence-corrected chi connectivity index (χ3v) is 8.22. The van der Waals surface area contributed by atoms with Crippen molar-refractivity contribution in [2.75, 3.05) is 32.7 Å². The van der Waals surface area contributed by atoms with Crippen molar-refractivity contribution >= 4 is 6.03 Å². The van der Waals surface area contributed by atoms with E-state index in [1.165, 1.54) is 24.0 Å². The van der Waals surface area contributed by atoms with Gasteiger partial charge in [-0.15, -0.1) is 0 Å². The standard InChI is InChI=1S/C28H36N4O3/c33-24(18-30-10-9-21-3-1-2-4-22(21)17-30)19-32-12-11-31(28(32)34)16-20-5-8-27(29-15-20)23-13-25-6-7-26(14-23)35-25/h1-5,8,15,23-26,33H,6-7,9-14,16-19H2/t23?,24-,25?,26?/m1/s1. The number of hydrogen-bond donors (Lipinski definition) is 1. The molecule has 2 bridgehead atoms. The Morgan fingerprint density at radius 3 is 2.51 bits per heavy atom. The second kappa shape index (κ2) is 9.88. The number of urea groups is 1. The molecule has 4 aliphatic rings. The molecule has 35 heavy (non-hydrogen) atoms. The van der Waals surface area contributed by atoms with Crippen LogP contribution in [-0.4, -0.2) is 81.9 Å². The van der Waals surface area contributed by atoms with Crippen molar-refractivity contribution in [1.29, 1.82) is 0 Å². The van der Waals surface area contributed by atoms with Gasteiger partial charge in [0.15, 0.2) is 0 Å². The van der Waals surface area contributed by atoms with Crippen molar-refractivity contribution < 1.29 is 14.6 Å². The Balaban J connectivity index is 0.987. The Hall–Kier alpha value is -2.48. The SMILES string of the molecule is O=C1N(Cc2ccc(C3CC4CCC(C3)O4)nc2)CCN1C[C@H](O)CN1CCc2ccccc2C1. The zero-order valence-electron chi connectivity index (χ0n) is 20.4. The van der Waals surface area contributed by atoms with Gasteiger partial charge in [-0.2, -0.15) is 0 Å². The summed E-state index contributed by atoms with van der Waals surface area (Å²) in [4.78, 5) is 23.7. The maximum atomic E-state index is 13.0. The fourth-order valence-corrected chi connectivity index (χ4v) is 6.36. The van der Waals surface area contributed by atoms with Crippen LogP contribution in [0.1, 0.15) is 54.0 Å². The minimum Gasteiger partial charge on any atom is -0.390 e. The summed E-state index contributed by atoms with van der Waals surface area (Å²) in [6.07, 6.45) is 7.77. The van der Waals surface area contributed by atoms with Gasteiger partial charge in [0.1, 0.15) is 0 Å². The smallest absolute Gasteiger partial charge is 0.320 e.